The zero-order chi connectivity index (χ0) is 37.5. The van der Waals surface area contributed by atoms with E-state index in [1.54, 1.807) is 0 Å². The average molecular weight is 743 g/mol. The largest absolute Gasteiger partial charge is 0.309 e. The maximum atomic E-state index is 2.48. The molecule has 0 atom stereocenters. The van der Waals surface area contributed by atoms with Gasteiger partial charge in [-0.1, -0.05) is 152 Å². The van der Waals surface area contributed by atoms with E-state index in [9.17, 15) is 0 Å². The first-order valence-electron chi connectivity index (χ1n) is 19.5. The summed E-state index contributed by atoms with van der Waals surface area (Å²) < 4.78 is 7.53. The second-order valence-corrected chi connectivity index (χ2v) is 15.9. The van der Waals surface area contributed by atoms with Crippen LogP contribution in [0.1, 0.15) is 0 Å². The Morgan fingerprint density at radius 3 is 1.44 bits per heavy atom. The molecule has 12 aromatic rings. The second-order valence-electron chi connectivity index (χ2n) is 14.9. The number of hydrogen-bond donors (Lipinski definition) is 0. The lowest BCUT2D eigenvalue weighted by Crippen LogP contribution is -1.97. The first kappa shape index (κ1) is 32.1. The Morgan fingerprint density at radius 1 is 0.298 bits per heavy atom. The van der Waals surface area contributed by atoms with E-state index in [0.717, 1.165) is 0 Å². The van der Waals surface area contributed by atoms with Gasteiger partial charge in [0.2, 0.25) is 0 Å². The van der Waals surface area contributed by atoms with Crippen molar-refractivity contribution < 1.29 is 0 Å². The van der Waals surface area contributed by atoms with Gasteiger partial charge in [-0.25, -0.2) is 0 Å². The van der Waals surface area contributed by atoms with Gasteiger partial charge in [0.1, 0.15) is 0 Å². The molecular weight excluding hydrogens is 709 g/mol. The van der Waals surface area contributed by atoms with Crippen LogP contribution in [0, 0.1) is 0 Å². The Balaban J connectivity index is 1.04. The molecule has 0 aliphatic heterocycles. The molecule has 12 rings (SSSR count). The SMILES string of the molecule is c1ccc(-c2ccccc2-n2c3ccccc3c3cc(-c4ccc5c(c4)c4ccccc4n5-c4cccc5c4sc4cccc(-c6ccccc6)c45)ccc32)cc1. The van der Waals surface area contributed by atoms with Gasteiger partial charge in [-0.3, -0.25) is 0 Å². The van der Waals surface area contributed by atoms with Gasteiger partial charge < -0.3 is 9.13 Å². The van der Waals surface area contributed by atoms with Crippen molar-refractivity contribution in [3.05, 3.63) is 206 Å². The summed E-state index contributed by atoms with van der Waals surface area (Å²) in [6.07, 6.45) is 0. The summed E-state index contributed by atoms with van der Waals surface area (Å²) in [5.74, 6) is 0. The molecule has 0 saturated carbocycles. The van der Waals surface area contributed by atoms with E-state index < -0.39 is 0 Å². The van der Waals surface area contributed by atoms with Crippen LogP contribution in [0.15, 0.2) is 206 Å². The normalized spacial score (nSPS) is 11.9. The number of nitrogens with zero attached hydrogens (tertiary/aromatic N) is 2. The Bertz CT molecular complexity index is 3510. The molecule has 0 N–H and O–H groups in total. The molecule has 0 radical (unpaired) electrons. The highest BCUT2D eigenvalue weighted by atomic mass is 32.1. The van der Waals surface area contributed by atoms with E-state index in [1.165, 1.54) is 109 Å². The van der Waals surface area contributed by atoms with E-state index in [0.29, 0.717) is 0 Å². The van der Waals surface area contributed by atoms with Crippen LogP contribution in [-0.4, -0.2) is 9.13 Å². The van der Waals surface area contributed by atoms with Crippen LogP contribution in [0.2, 0.25) is 0 Å². The highest BCUT2D eigenvalue weighted by Crippen LogP contribution is 2.45. The summed E-state index contributed by atoms with van der Waals surface area (Å²) in [5, 5.41) is 7.64. The molecule has 0 saturated heterocycles. The number of benzene rings is 9. The Hall–Kier alpha value is -7.20. The van der Waals surface area contributed by atoms with E-state index in [-0.39, 0.29) is 0 Å². The maximum absolute atomic E-state index is 2.48. The van der Waals surface area contributed by atoms with Crippen molar-refractivity contribution in [1.29, 1.82) is 0 Å². The van der Waals surface area contributed by atoms with E-state index in [4.69, 9.17) is 0 Å². The summed E-state index contributed by atoms with van der Waals surface area (Å²) in [7, 11) is 0. The van der Waals surface area contributed by atoms with Crippen molar-refractivity contribution in [3.63, 3.8) is 0 Å². The summed E-state index contributed by atoms with van der Waals surface area (Å²) in [5.41, 5.74) is 14.6. The molecule has 57 heavy (non-hydrogen) atoms. The molecule has 0 spiro atoms. The molecule has 0 bridgehead atoms. The lowest BCUT2D eigenvalue weighted by Gasteiger charge is -2.14. The predicted molar refractivity (Wildman–Crippen MR) is 244 cm³/mol. The summed E-state index contributed by atoms with van der Waals surface area (Å²) in [6.45, 7) is 0. The third-order valence-corrected chi connectivity index (χ3v) is 12.9. The van der Waals surface area contributed by atoms with Crippen LogP contribution < -0.4 is 0 Å². The fraction of sp³-hybridized carbons (Fsp3) is 0. The lowest BCUT2D eigenvalue weighted by atomic mass is 9.99. The smallest absolute Gasteiger partial charge is 0.0640 e. The number of thiophene rings is 1. The van der Waals surface area contributed by atoms with Gasteiger partial charge in [-0.05, 0) is 82.4 Å². The Kier molecular flexibility index (Phi) is 7.13. The van der Waals surface area contributed by atoms with E-state index in [1.807, 2.05) is 11.3 Å². The number of aromatic nitrogens is 2. The molecule has 266 valence electrons. The number of fused-ring (bicyclic) bond motifs is 9. The highest BCUT2D eigenvalue weighted by Gasteiger charge is 2.20. The minimum absolute atomic E-state index is 1.18. The van der Waals surface area contributed by atoms with Gasteiger partial charge in [0.15, 0.2) is 0 Å². The van der Waals surface area contributed by atoms with Crippen molar-refractivity contribution in [2.24, 2.45) is 0 Å². The summed E-state index contributed by atoms with van der Waals surface area (Å²) in [4.78, 5) is 0. The summed E-state index contributed by atoms with van der Waals surface area (Å²) >= 11 is 1.89. The van der Waals surface area contributed by atoms with Crippen LogP contribution in [0.5, 0.6) is 0 Å². The molecule has 3 aromatic heterocycles. The van der Waals surface area contributed by atoms with E-state index >= 15 is 0 Å². The molecule has 0 aliphatic carbocycles. The summed E-state index contributed by atoms with van der Waals surface area (Å²) in [6, 6.07) is 75.5. The van der Waals surface area contributed by atoms with Crippen LogP contribution >= 0.6 is 11.3 Å². The minimum Gasteiger partial charge on any atom is -0.309 e. The first-order chi connectivity index (χ1) is 28.3. The van der Waals surface area contributed by atoms with Gasteiger partial charge in [0.25, 0.3) is 0 Å². The zero-order valence-electron chi connectivity index (χ0n) is 30.9. The monoisotopic (exact) mass is 742 g/mol. The molecule has 3 heteroatoms. The van der Waals surface area contributed by atoms with Gasteiger partial charge in [-0.15, -0.1) is 11.3 Å². The molecule has 0 aliphatic rings. The lowest BCUT2D eigenvalue weighted by molar-refractivity contribution is 1.18. The predicted octanol–water partition coefficient (Wildman–Crippen LogP) is 15.2. The van der Waals surface area contributed by atoms with Crippen molar-refractivity contribution in [2.45, 2.75) is 0 Å². The molecule has 0 unspecified atom stereocenters. The van der Waals surface area contributed by atoms with Crippen LogP contribution in [0.4, 0.5) is 0 Å². The zero-order valence-corrected chi connectivity index (χ0v) is 31.7. The van der Waals surface area contributed by atoms with Crippen molar-refractivity contribution >= 4 is 75.1 Å². The maximum Gasteiger partial charge on any atom is 0.0640 e. The number of para-hydroxylation sites is 3. The number of hydrogen-bond acceptors (Lipinski definition) is 1. The number of rotatable bonds is 5. The van der Waals surface area contributed by atoms with Crippen LogP contribution in [0.3, 0.4) is 0 Å². The molecule has 0 amide bonds. The van der Waals surface area contributed by atoms with Crippen LogP contribution in [0.25, 0.3) is 109 Å². The molecule has 2 nitrogen and oxygen atoms in total. The second kappa shape index (κ2) is 12.7. The van der Waals surface area contributed by atoms with Gasteiger partial charge in [-0.2, -0.15) is 0 Å². The minimum atomic E-state index is 1.18. The fourth-order valence-corrected chi connectivity index (χ4v) is 10.5. The molecular formula is C54H34N2S. The Morgan fingerprint density at radius 2 is 0.772 bits per heavy atom. The third kappa shape index (κ3) is 4.89. The first-order valence-corrected chi connectivity index (χ1v) is 20.3. The van der Waals surface area contributed by atoms with Gasteiger partial charge in [0, 0.05) is 42.6 Å². The van der Waals surface area contributed by atoms with Crippen molar-refractivity contribution in [2.75, 3.05) is 0 Å². The van der Waals surface area contributed by atoms with Gasteiger partial charge in [0.05, 0.1) is 38.1 Å². The topological polar surface area (TPSA) is 9.86 Å². The molecule has 3 heterocycles. The third-order valence-electron chi connectivity index (χ3n) is 11.7. The van der Waals surface area contributed by atoms with E-state index in [2.05, 4.69) is 215 Å². The quantitative estimate of drug-likeness (QED) is 0.166. The molecule has 0 fully saturated rings. The highest BCUT2D eigenvalue weighted by molar-refractivity contribution is 7.26. The Labute approximate surface area is 333 Å². The van der Waals surface area contributed by atoms with Crippen LogP contribution in [-0.2, 0) is 0 Å². The van der Waals surface area contributed by atoms with Crippen molar-refractivity contribution in [1.82, 2.24) is 9.13 Å². The van der Waals surface area contributed by atoms with Gasteiger partial charge >= 0.3 is 0 Å². The van der Waals surface area contributed by atoms with Crippen molar-refractivity contribution in [3.8, 4) is 44.8 Å². The fourth-order valence-electron chi connectivity index (χ4n) is 9.22. The average Bonchev–Trinajstić information content (AvgIpc) is 3.94. The molecule has 9 aromatic carbocycles. The standard InChI is InChI=1S/C54H34N2S/c1-3-15-35(16-4-1)39-19-7-10-24-46(39)55-47-25-11-8-20-41(47)44-33-37(29-31-49(44)55)38-30-32-50-45(34-38)42-21-9-12-26-48(42)56(50)51-27-13-23-43-53-40(36-17-5-2-6-18-36)22-14-28-52(53)57-54(43)51/h1-34H.